The van der Waals surface area contributed by atoms with Crippen LogP contribution in [0.2, 0.25) is 0 Å². The molecule has 0 aliphatic rings. The van der Waals surface area contributed by atoms with E-state index in [1.807, 2.05) is 13.0 Å². The van der Waals surface area contributed by atoms with Crippen LogP contribution < -0.4 is 5.32 Å². The molecular formula is C16H17N5O2S. The van der Waals surface area contributed by atoms with Crippen molar-refractivity contribution in [1.82, 2.24) is 19.5 Å². The lowest BCUT2D eigenvalue weighted by molar-refractivity contribution is 0.0702. The first-order valence-electron chi connectivity index (χ1n) is 7.43. The van der Waals surface area contributed by atoms with Crippen LogP contribution in [0.1, 0.15) is 35.4 Å². The molecule has 0 amide bonds. The van der Waals surface area contributed by atoms with Crippen LogP contribution in [0.15, 0.2) is 30.6 Å². The van der Waals surface area contributed by atoms with Gasteiger partial charge in [-0.25, -0.2) is 19.7 Å². The van der Waals surface area contributed by atoms with Crippen LogP contribution in [0.5, 0.6) is 0 Å². The number of carbonyl (C=O) groups is 1. The zero-order chi connectivity index (χ0) is 17.3. The molecule has 0 fully saturated rings. The Morgan fingerprint density at radius 2 is 2.08 bits per heavy atom. The van der Waals surface area contributed by atoms with E-state index in [4.69, 9.17) is 5.11 Å². The van der Waals surface area contributed by atoms with Gasteiger partial charge in [0, 0.05) is 12.2 Å². The van der Waals surface area contributed by atoms with Crippen LogP contribution in [0.4, 0.5) is 10.9 Å². The molecule has 0 unspecified atom stereocenters. The number of rotatable bonds is 5. The first kappa shape index (κ1) is 16.1. The van der Waals surface area contributed by atoms with E-state index in [2.05, 4.69) is 38.7 Å². The Morgan fingerprint density at radius 1 is 1.29 bits per heavy atom. The molecule has 0 saturated carbocycles. The highest BCUT2D eigenvalue weighted by Crippen LogP contribution is 2.26. The Balaban J connectivity index is 1.90. The van der Waals surface area contributed by atoms with Crippen molar-refractivity contribution in [3.63, 3.8) is 0 Å². The Kier molecular flexibility index (Phi) is 4.30. The molecule has 24 heavy (non-hydrogen) atoms. The highest BCUT2D eigenvalue weighted by molar-refractivity contribution is 7.17. The number of nitrogens with one attached hydrogen (secondary N) is 1. The number of aryl methyl sites for hydroxylation is 1. The highest BCUT2D eigenvalue weighted by atomic mass is 32.1. The lowest BCUT2D eigenvalue weighted by Gasteiger charge is -2.14. The molecule has 7 nitrogen and oxygen atoms in total. The molecule has 124 valence electrons. The molecule has 0 spiro atoms. The molecule has 3 aromatic heterocycles. The van der Waals surface area contributed by atoms with Gasteiger partial charge in [0.2, 0.25) is 5.95 Å². The van der Waals surface area contributed by atoms with Crippen LogP contribution in [0.25, 0.3) is 11.4 Å². The Bertz CT molecular complexity index is 884. The highest BCUT2D eigenvalue weighted by Gasteiger charge is 2.14. The van der Waals surface area contributed by atoms with E-state index >= 15 is 0 Å². The van der Waals surface area contributed by atoms with Crippen molar-refractivity contribution in [2.75, 3.05) is 5.32 Å². The van der Waals surface area contributed by atoms with Gasteiger partial charge in [-0.3, -0.25) is 0 Å². The van der Waals surface area contributed by atoms with E-state index in [-0.39, 0.29) is 10.9 Å². The van der Waals surface area contributed by atoms with Gasteiger partial charge in [0.15, 0.2) is 0 Å². The van der Waals surface area contributed by atoms with E-state index in [1.54, 1.807) is 24.5 Å². The van der Waals surface area contributed by atoms with Crippen molar-refractivity contribution in [1.29, 1.82) is 0 Å². The lowest BCUT2D eigenvalue weighted by Crippen LogP contribution is -2.06. The van der Waals surface area contributed by atoms with Crippen LogP contribution in [0.3, 0.4) is 0 Å². The largest absolute Gasteiger partial charge is 0.477 e. The molecule has 3 rings (SSSR count). The summed E-state index contributed by atoms with van der Waals surface area (Å²) >= 11 is 1.14. The van der Waals surface area contributed by atoms with E-state index < -0.39 is 5.97 Å². The second kappa shape index (κ2) is 6.40. The third kappa shape index (κ3) is 3.13. The maximum Gasteiger partial charge on any atom is 0.345 e. The molecule has 0 bridgehead atoms. The summed E-state index contributed by atoms with van der Waals surface area (Å²) in [6.07, 6.45) is 3.47. The number of hydrogen-bond acceptors (Lipinski definition) is 6. The van der Waals surface area contributed by atoms with Gasteiger partial charge < -0.3 is 15.0 Å². The monoisotopic (exact) mass is 343 g/mol. The van der Waals surface area contributed by atoms with Gasteiger partial charge in [0.05, 0.1) is 22.6 Å². The van der Waals surface area contributed by atoms with Crippen molar-refractivity contribution in [2.45, 2.75) is 26.8 Å². The van der Waals surface area contributed by atoms with Crippen LogP contribution in [-0.4, -0.2) is 30.6 Å². The molecule has 3 heterocycles. The fourth-order valence-corrected chi connectivity index (χ4v) is 3.23. The summed E-state index contributed by atoms with van der Waals surface area (Å²) < 4.78 is 2.11. The minimum absolute atomic E-state index is 0.266. The number of aromatic carboxylic acids is 1. The second-order valence-corrected chi connectivity index (χ2v) is 6.60. The van der Waals surface area contributed by atoms with E-state index in [0.29, 0.717) is 10.9 Å². The summed E-state index contributed by atoms with van der Waals surface area (Å²) in [5, 5.41) is 12.7. The first-order valence-corrected chi connectivity index (χ1v) is 8.24. The third-order valence-corrected chi connectivity index (χ3v) is 4.46. The molecule has 0 aliphatic carbocycles. The van der Waals surface area contributed by atoms with Crippen LogP contribution in [-0.2, 0) is 0 Å². The van der Waals surface area contributed by atoms with Gasteiger partial charge in [-0.05, 0) is 39.0 Å². The van der Waals surface area contributed by atoms with E-state index in [0.717, 1.165) is 28.5 Å². The molecule has 3 aromatic rings. The number of nitrogens with zero attached hydrogens (tertiary/aromatic N) is 4. The average Bonchev–Trinajstić information content (AvgIpc) is 3.14. The SMILES string of the molecule is Cc1ncc(-c2ccnc(Nc3ccc(C(=O)O)s3)n2)n1C(C)C. The van der Waals surface area contributed by atoms with Crippen molar-refractivity contribution in [3.05, 3.63) is 41.3 Å². The fourth-order valence-electron chi connectivity index (χ4n) is 2.49. The number of carboxylic acids is 1. The summed E-state index contributed by atoms with van der Waals surface area (Å²) in [7, 11) is 0. The number of carboxylic acid groups (broad SMARTS) is 1. The maximum absolute atomic E-state index is 11.0. The van der Waals surface area contributed by atoms with Crippen molar-refractivity contribution < 1.29 is 9.90 Å². The van der Waals surface area contributed by atoms with Gasteiger partial charge in [-0.2, -0.15) is 0 Å². The molecule has 0 saturated heterocycles. The number of thiophene rings is 1. The molecule has 0 atom stereocenters. The third-order valence-electron chi connectivity index (χ3n) is 3.47. The number of anilines is 2. The number of hydrogen-bond donors (Lipinski definition) is 2. The normalized spacial score (nSPS) is 11.0. The van der Waals surface area contributed by atoms with Crippen molar-refractivity contribution in [3.8, 4) is 11.4 Å². The zero-order valence-electron chi connectivity index (χ0n) is 13.5. The molecular weight excluding hydrogens is 326 g/mol. The molecule has 2 N–H and O–H groups in total. The molecule has 0 aromatic carbocycles. The van der Waals surface area contributed by atoms with Crippen LogP contribution >= 0.6 is 11.3 Å². The topological polar surface area (TPSA) is 92.9 Å². The first-order chi connectivity index (χ1) is 11.5. The minimum Gasteiger partial charge on any atom is -0.477 e. The van der Waals surface area contributed by atoms with Gasteiger partial charge in [0.25, 0.3) is 0 Å². The Morgan fingerprint density at radius 3 is 2.75 bits per heavy atom. The summed E-state index contributed by atoms with van der Waals surface area (Å²) in [4.78, 5) is 24.3. The van der Waals surface area contributed by atoms with Crippen molar-refractivity contribution >= 4 is 28.3 Å². The minimum atomic E-state index is -0.945. The summed E-state index contributed by atoms with van der Waals surface area (Å²) in [5.41, 5.74) is 1.68. The summed E-state index contributed by atoms with van der Waals surface area (Å²) in [5.74, 6) is 0.400. The maximum atomic E-state index is 11.0. The van der Waals surface area contributed by atoms with Gasteiger partial charge in [-0.1, -0.05) is 0 Å². The predicted molar refractivity (Wildman–Crippen MR) is 92.9 cm³/mol. The van der Waals surface area contributed by atoms with Gasteiger partial charge >= 0.3 is 5.97 Å². The molecule has 0 radical (unpaired) electrons. The Hall–Kier alpha value is -2.74. The van der Waals surface area contributed by atoms with E-state index in [9.17, 15) is 4.79 Å². The summed E-state index contributed by atoms with van der Waals surface area (Å²) in [6.45, 7) is 6.15. The zero-order valence-corrected chi connectivity index (χ0v) is 14.3. The van der Waals surface area contributed by atoms with E-state index in [1.165, 1.54) is 0 Å². The van der Waals surface area contributed by atoms with Gasteiger partial charge in [-0.15, -0.1) is 11.3 Å². The summed E-state index contributed by atoms with van der Waals surface area (Å²) in [6, 6.07) is 5.35. The predicted octanol–water partition coefficient (Wildman–Crippen LogP) is 3.73. The van der Waals surface area contributed by atoms with Gasteiger partial charge in [0.1, 0.15) is 10.7 Å². The quantitative estimate of drug-likeness (QED) is 0.733. The molecule has 8 heteroatoms. The fraction of sp³-hybridized carbons (Fsp3) is 0.250. The average molecular weight is 343 g/mol. The Labute approximate surface area is 143 Å². The number of aromatic nitrogens is 4. The standard InChI is InChI=1S/C16H17N5O2S/c1-9(2)21-10(3)18-8-12(21)11-6-7-17-16(19-11)20-14-5-4-13(24-14)15(22)23/h4-9H,1-3H3,(H,22,23)(H,17,19,20). The second-order valence-electron chi connectivity index (χ2n) is 5.51. The van der Waals surface area contributed by atoms with Crippen molar-refractivity contribution in [2.24, 2.45) is 0 Å². The molecule has 0 aliphatic heterocycles. The van der Waals surface area contributed by atoms with Crippen LogP contribution in [0, 0.1) is 6.92 Å². The lowest BCUT2D eigenvalue weighted by atomic mass is 10.2. The smallest absolute Gasteiger partial charge is 0.345 e. The number of imidazole rings is 1.